The SMILES string of the molecule is CNC(=O)c1c(-c2ccc(C)cc2)oc2c1cc(-c1cccc(C(=O)CCC(C)(C)C)c1)c1[nH]ccc12. The summed E-state index contributed by atoms with van der Waals surface area (Å²) < 4.78 is 6.40. The van der Waals surface area contributed by atoms with Crippen molar-refractivity contribution in [3.05, 3.63) is 83.6 Å². The molecule has 5 nitrogen and oxygen atoms in total. The Morgan fingerprint density at radius 2 is 1.70 bits per heavy atom. The average Bonchev–Trinajstić information content (AvgIpc) is 3.51. The van der Waals surface area contributed by atoms with Crippen LogP contribution in [0, 0.1) is 12.3 Å². The highest BCUT2D eigenvalue weighted by Gasteiger charge is 2.25. The van der Waals surface area contributed by atoms with Gasteiger partial charge < -0.3 is 14.7 Å². The molecule has 0 radical (unpaired) electrons. The maximum atomic E-state index is 13.1. The Balaban J connectivity index is 1.69. The van der Waals surface area contributed by atoms with E-state index in [0.717, 1.165) is 45.0 Å². The highest BCUT2D eigenvalue weighted by atomic mass is 16.3. The number of aryl methyl sites for hydroxylation is 1. The molecule has 0 spiro atoms. The van der Waals surface area contributed by atoms with Crippen LogP contribution in [-0.2, 0) is 0 Å². The summed E-state index contributed by atoms with van der Waals surface area (Å²) in [7, 11) is 1.63. The molecule has 0 fully saturated rings. The predicted octanol–water partition coefficient (Wildman–Crippen LogP) is 7.93. The number of aromatic nitrogens is 1. The molecule has 1 amide bonds. The second-order valence-corrected chi connectivity index (χ2v) is 10.9. The van der Waals surface area contributed by atoms with Gasteiger partial charge in [0.15, 0.2) is 5.78 Å². The lowest BCUT2D eigenvalue weighted by Gasteiger charge is -2.17. The first-order valence-corrected chi connectivity index (χ1v) is 12.7. The van der Waals surface area contributed by atoms with Gasteiger partial charge in [0.25, 0.3) is 5.91 Å². The molecule has 0 atom stereocenters. The van der Waals surface area contributed by atoms with Gasteiger partial charge in [-0.2, -0.15) is 0 Å². The zero-order chi connectivity index (χ0) is 26.3. The second-order valence-electron chi connectivity index (χ2n) is 10.9. The van der Waals surface area contributed by atoms with Gasteiger partial charge in [-0.3, -0.25) is 9.59 Å². The Labute approximate surface area is 216 Å². The van der Waals surface area contributed by atoms with Gasteiger partial charge in [-0.15, -0.1) is 0 Å². The zero-order valence-corrected chi connectivity index (χ0v) is 22.0. The lowest BCUT2D eigenvalue weighted by atomic mass is 9.88. The van der Waals surface area contributed by atoms with E-state index in [4.69, 9.17) is 4.42 Å². The van der Waals surface area contributed by atoms with Crippen molar-refractivity contribution in [1.29, 1.82) is 0 Å². The molecule has 5 heteroatoms. The van der Waals surface area contributed by atoms with Crippen molar-refractivity contribution < 1.29 is 14.0 Å². The predicted molar refractivity (Wildman–Crippen MR) is 150 cm³/mol. The van der Waals surface area contributed by atoms with Crippen LogP contribution in [0.3, 0.4) is 0 Å². The van der Waals surface area contributed by atoms with E-state index in [0.29, 0.717) is 28.9 Å². The maximum Gasteiger partial charge on any atom is 0.255 e. The molecule has 188 valence electrons. The quantitative estimate of drug-likeness (QED) is 0.236. The molecule has 0 saturated carbocycles. The average molecular weight is 493 g/mol. The van der Waals surface area contributed by atoms with Crippen molar-refractivity contribution in [2.75, 3.05) is 7.05 Å². The fraction of sp³-hybridized carbons (Fsp3) is 0.250. The van der Waals surface area contributed by atoms with E-state index in [2.05, 4.69) is 31.1 Å². The van der Waals surface area contributed by atoms with Crippen molar-refractivity contribution in [3.8, 4) is 22.5 Å². The van der Waals surface area contributed by atoms with Crippen LogP contribution in [0.25, 0.3) is 44.3 Å². The van der Waals surface area contributed by atoms with Crippen LogP contribution in [0.5, 0.6) is 0 Å². The molecule has 3 aromatic carbocycles. The van der Waals surface area contributed by atoms with Crippen molar-refractivity contribution in [2.24, 2.45) is 5.41 Å². The number of hydrogen-bond acceptors (Lipinski definition) is 3. The second kappa shape index (κ2) is 9.40. The van der Waals surface area contributed by atoms with E-state index >= 15 is 0 Å². The van der Waals surface area contributed by atoms with Gasteiger partial charge >= 0.3 is 0 Å². The van der Waals surface area contributed by atoms with Crippen LogP contribution >= 0.6 is 0 Å². The van der Waals surface area contributed by atoms with Gasteiger partial charge in [-0.1, -0.05) is 68.8 Å². The Morgan fingerprint density at radius 1 is 0.946 bits per heavy atom. The van der Waals surface area contributed by atoms with E-state index in [1.54, 1.807) is 7.05 Å². The summed E-state index contributed by atoms with van der Waals surface area (Å²) in [5, 5.41) is 4.41. The molecule has 2 aromatic heterocycles. The van der Waals surface area contributed by atoms with Crippen LogP contribution in [0.1, 0.15) is 59.9 Å². The molecule has 0 saturated heterocycles. The first-order chi connectivity index (χ1) is 17.7. The molecule has 0 aliphatic carbocycles. The lowest BCUT2D eigenvalue weighted by molar-refractivity contribution is 0.0957. The first-order valence-electron chi connectivity index (χ1n) is 12.7. The number of carbonyl (C=O) groups is 2. The topological polar surface area (TPSA) is 75.1 Å². The summed E-state index contributed by atoms with van der Waals surface area (Å²) in [6, 6.07) is 19.7. The molecule has 0 bridgehead atoms. The van der Waals surface area contributed by atoms with Crippen molar-refractivity contribution in [1.82, 2.24) is 10.3 Å². The van der Waals surface area contributed by atoms with Crippen molar-refractivity contribution in [2.45, 2.75) is 40.5 Å². The van der Waals surface area contributed by atoms with Gasteiger partial charge in [0.1, 0.15) is 11.3 Å². The Kier molecular flexibility index (Phi) is 6.24. The molecule has 5 aromatic rings. The summed E-state index contributed by atoms with van der Waals surface area (Å²) in [4.78, 5) is 29.5. The van der Waals surface area contributed by atoms with Gasteiger partial charge in [0, 0.05) is 47.1 Å². The molecule has 2 heterocycles. The molecule has 0 aliphatic heterocycles. The minimum atomic E-state index is -0.207. The maximum absolute atomic E-state index is 13.1. The van der Waals surface area contributed by atoms with Crippen molar-refractivity contribution in [3.63, 3.8) is 0 Å². The first kappa shape index (κ1) is 24.6. The summed E-state index contributed by atoms with van der Waals surface area (Å²) in [6.45, 7) is 8.47. The van der Waals surface area contributed by atoms with Crippen LogP contribution in [-0.4, -0.2) is 23.7 Å². The number of benzene rings is 3. The minimum absolute atomic E-state index is 0.0986. The highest BCUT2D eigenvalue weighted by Crippen LogP contribution is 2.41. The third-order valence-electron chi connectivity index (χ3n) is 6.86. The number of nitrogens with one attached hydrogen (secondary N) is 2. The number of H-pyrrole nitrogens is 1. The Hall–Kier alpha value is -4.12. The Bertz CT molecular complexity index is 1630. The van der Waals surface area contributed by atoms with Crippen molar-refractivity contribution >= 4 is 33.6 Å². The van der Waals surface area contributed by atoms with E-state index in [9.17, 15) is 9.59 Å². The minimum Gasteiger partial charge on any atom is -0.454 e. The van der Waals surface area contributed by atoms with E-state index in [1.807, 2.05) is 73.8 Å². The summed E-state index contributed by atoms with van der Waals surface area (Å²) >= 11 is 0. The van der Waals surface area contributed by atoms with Crippen LogP contribution < -0.4 is 5.32 Å². The monoisotopic (exact) mass is 492 g/mol. The largest absolute Gasteiger partial charge is 0.454 e. The molecule has 37 heavy (non-hydrogen) atoms. The molecule has 0 unspecified atom stereocenters. The summed E-state index contributed by atoms with van der Waals surface area (Å²) in [5.41, 5.74) is 6.67. The fourth-order valence-corrected chi connectivity index (χ4v) is 4.76. The molecule has 2 N–H and O–H groups in total. The number of aromatic amines is 1. The van der Waals surface area contributed by atoms with Crippen LogP contribution in [0.2, 0.25) is 0 Å². The normalized spacial score (nSPS) is 11.8. The summed E-state index contributed by atoms with van der Waals surface area (Å²) in [5.74, 6) is 0.470. The van der Waals surface area contributed by atoms with E-state index in [-0.39, 0.29) is 17.1 Å². The van der Waals surface area contributed by atoms with E-state index < -0.39 is 0 Å². The molecular weight excluding hydrogens is 460 g/mol. The highest BCUT2D eigenvalue weighted by molar-refractivity contribution is 6.19. The number of amides is 1. The van der Waals surface area contributed by atoms with E-state index in [1.165, 1.54) is 0 Å². The molecule has 5 rings (SSSR count). The summed E-state index contributed by atoms with van der Waals surface area (Å²) in [6.07, 6.45) is 3.21. The number of rotatable bonds is 6. The third kappa shape index (κ3) is 4.69. The molecule has 0 aliphatic rings. The standard InChI is InChI=1S/C32H32N2O3/c1-19-9-11-20(12-10-19)29-27(31(36)33-5)25-18-24(28-23(14-16-34-28)30(25)37-29)21-7-6-8-22(17-21)26(35)13-15-32(2,3)4/h6-12,14,16-18,34H,13,15H2,1-5H3,(H,33,36). The molecular formula is C32H32N2O3. The number of carbonyl (C=O) groups excluding carboxylic acids is 2. The third-order valence-corrected chi connectivity index (χ3v) is 6.86. The van der Waals surface area contributed by atoms with Gasteiger partial charge in [-0.05, 0) is 42.5 Å². The fourth-order valence-electron chi connectivity index (χ4n) is 4.76. The number of Topliss-reactive ketones (excluding diaryl/α,β-unsaturated/α-hetero) is 1. The number of hydrogen-bond donors (Lipinski definition) is 2. The van der Waals surface area contributed by atoms with Gasteiger partial charge in [0.05, 0.1) is 11.1 Å². The lowest BCUT2D eigenvalue weighted by Crippen LogP contribution is -2.18. The number of furan rings is 1. The Morgan fingerprint density at radius 3 is 2.41 bits per heavy atom. The van der Waals surface area contributed by atoms with Crippen LogP contribution in [0.15, 0.2) is 71.3 Å². The van der Waals surface area contributed by atoms with Gasteiger partial charge in [-0.25, -0.2) is 0 Å². The van der Waals surface area contributed by atoms with Crippen LogP contribution in [0.4, 0.5) is 0 Å². The number of fused-ring (bicyclic) bond motifs is 3. The van der Waals surface area contributed by atoms with Gasteiger partial charge in [0.2, 0.25) is 0 Å². The number of ketones is 1. The smallest absolute Gasteiger partial charge is 0.255 e. The zero-order valence-electron chi connectivity index (χ0n) is 22.0.